The molecule has 0 saturated carbocycles. The molecule has 1 aliphatic heterocycles. The summed E-state index contributed by atoms with van der Waals surface area (Å²) in [6.07, 6.45) is 1.79. The average Bonchev–Trinajstić information content (AvgIpc) is 2.46. The molecule has 2 rings (SSSR count). The molecule has 2 N–H and O–H groups in total. The maximum absolute atomic E-state index is 12.5. The van der Waals surface area contributed by atoms with Gasteiger partial charge in [0.25, 0.3) is 5.91 Å². The third-order valence-corrected chi connectivity index (χ3v) is 4.80. The van der Waals surface area contributed by atoms with Gasteiger partial charge in [-0.25, -0.2) is 13.6 Å². The van der Waals surface area contributed by atoms with Crippen LogP contribution in [0.15, 0.2) is 29.2 Å². The molecule has 7 heteroatoms. The van der Waals surface area contributed by atoms with Crippen LogP contribution >= 0.6 is 0 Å². The first-order valence-corrected chi connectivity index (χ1v) is 8.27. The van der Waals surface area contributed by atoms with Crippen LogP contribution in [-0.2, 0) is 14.8 Å². The molecular weight excluding hydrogens is 292 g/mol. The van der Waals surface area contributed by atoms with Crippen LogP contribution in [0.5, 0.6) is 0 Å². The van der Waals surface area contributed by atoms with Crippen LogP contribution < -0.4 is 5.14 Å². The zero-order valence-electron chi connectivity index (χ0n) is 12.2. The molecule has 0 bridgehead atoms. The van der Waals surface area contributed by atoms with Crippen molar-refractivity contribution in [1.82, 2.24) is 4.90 Å². The molecule has 0 radical (unpaired) electrons. The van der Waals surface area contributed by atoms with Crippen molar-refractivity contribution in [3.8, 4) is 0 Å². The van der Waals surface area contributed by atoms with E-state index in [2.05, 4.69) is 0 Å². The van der Waals surface area contributed by atoms with Gasteiger partial charge >= 0.3 is 0 Å². The lowest BCUT2D eigenvalue weighted by Gasteiger charge is -2.39. The number of carbonyl (C=O) groups is 1. The molecule has 0 aromatic heterocycles. The first-order valence-electron chi connectivity index (χ1n) is 6.72. The van der Waals surface area contributed by atoms with Crippen LogP contribution in [-0.4, -0.2) is 45.0 Å². The van der Waals surface area contributed by atoms with Crippen LogP contribution in [0.4, 0.5) is 0 Å². The van der Waals surface area contributed by atoms with Gasteiger partial charge in [-0.05, 0) is 44.0 Å². The lowest BCUT2D eigenvalue weighted by atomic mass is 9.94. The highest BCUT2D eigenvalue weighted by molar-refractivity contribution is 7.89. The molecule has 1 fully saturated rings. The van der Waals surface area contributed by atoms with Crippen molar-refractivity contribution in [3.63, 3.8) is 0 Å². The summed E-state index contributed by atoms with van der Waals surface area (Å²) in [6.45, 7) is 3.19. The van der Waals surface area contributed by atoms with E-state index in [1.54, 1.807) is 12.0 Å². The lowest BCUT2D eigenvalue weighted by Crippen LogP contribution is -2.49. The monoisotopic (exact) mass is 312 g/mol. The summed E-state index contributed by atoms with van der Waals surface area (Å²) in [6, 6.07) is 5.67. The maximum Gasteiger partial charge on any atom is 0.253 e. The number of likely N-dealkylation sites (tertiary alicyclic amines) is 1. The summed E-state index contributed by atoms with van der Waals surface area (Å²) >= 11 is 0. The van der Waals surface area contributed by atoms with Crippen molar-refractivity contribution >= 4 is 15.9 Å². The minimum Gasteiger partial charge on any atom is -0.377 e. The Morgan fingerprint density at radius 2 is 1.95 bits per heavy atom. The van der Waals surface area contributed by atoms with Crippen LogP contribution in [0, 0.1) is 0 Å². The van der Waals surface area contributed by atoms with Crippen molar-refractivity contribution in [2.75, 3.05) is 20.2 Å². The number of methoxy groups -OCH3 is 1. The Labute approximate surface area is 124 Å². The minimum absolute atomic E-state index is 0.000533. The van der Waals surface area contributed by atoms with Crippen LogP contribution in [0.1, 0.15) is 30.1 Å². The molecule has 1 atom stereocenters. The van der Waals surface area contributed by atoms with Crippen LogP contribution in [0.2, 0.25) is 0 Å². The Balaban J connectivity index is 2.17. The molecule has 1 aromatic carbocycles. The number of carbonyl (C=O) groups excluding carboxylic acids is 1. The van der Waals surface area contributed by atoms with E-state index in [-0.39, 0.29) is 16.4 Å². The van der Waals surface area contributed by atoms with Gasteiger partial charge in [0.15, 0.2) is 0 Å². The molecule has 0 aliphatic carbocycles. The number of rotatable bonds is 3. The van der Waals surface area contributed by atoms with E-state index in [1.165, 1.54) is 24.3 Å². The smallest absolute Gasteiger partial charge is 0.253 e. The molecule has 1 saturated heterocycles. The Kier molecular flexibility index (Phi) is 4.36. The van der Waals surface area contributed by atoms with Crippen molar-refractivity contribution in [3.05, 3.63) is 29.8 Å². The number of nitrogens with zero attached hydrogens (tertiary/aromatic N) is 1. The fourth-order valence-corrected chi connectivity index (χ4v) is 3.03. The van der Waals surface area contributed by atoms with Gasteiger partial charge in [0.2, 0.25) is 10.0 Å². The highest BCUT2D eigenvalue weighted by Gasteiger charge is 2.33. The summed E-state index contributed by atoms with van der Waals surface area (Å²) in [4.78, 5) is 14.2. The average molecular weight is 312 g/mol. The number of amides is 1. The predicted molar refractivity (Wildman–Crippen MR) is 78.4 cm³/mol. The van der Waals surface area contributed by atoms with E-state index < -0.39 is 10.0 Å². The van der Waals surface area contributed by atoms with Gasteiger partial charge in [-0.15, -0.1) is 0 Å². The van der Waals surface area contributed by atoms with Gasteiger partial charge in [-0.3, -0.25) is 4.79 Å². The molecular formula is C14H20N2O4S. The molecule has 1 unspecified atom stereocenters. The van der Waals surface area contributed by atoms with E-state index in [0.29, 0.717) is 18.7 Å². The normalized spacial score (nSPS) is 23.1. The Morgan fingerprint density at radius 1 is 1.33 bits per heavy atom. The fraction of sp³-hybridized carbons (Fsp3) is 0.500. The van der Waals surface area contributed by atoms with E-state index >= 15 is 0 Å². The Bertz CT molecular complexity index is 627. The third kappa shape index (κ3) is 3.61. The second-order valence-electron chi connectivity index (χ2n) is 5.55. The van der Waals surface area contributed by atoms with Gasteiger partial charge in [0, 0.05) is 25.8 Å². The number of sulfonamides is 1. The fourth-order valence-electron chi connectivity index (χ4n) is 2.52. The number of nitrogens with two attached hydrogens (primary N) is 1. The topological polar surface area (TPSA) is 89.7 Å². The molecule has 21 heavy (non-hydrogen) atoms. The quantitative estimate of drug-likeness (QED) is 0.900. The third-order valence-electron chi connectivity index (χ3n) is 3.87. The highest BCUT2D eigenvalue weighted by atomic mass is 32.2. The zero-order valence-corrected chi connectivity index (χ0v) is 13.0. The van der Waals surface area contributed by atoms with E-state index in [1.807, 2.05) is 6.92 Å². The molecule has 1 aliphatic rings. The van der Waals surface area contributed by atoms with Gasteiger partial charge in [-0.2, -0.15) is 0 Å². The van der Waals surface area contributed by atoms with Crippen molar-refractivity contribution in [1.29, 1.82) is 0 Å². The Morgan fingerprint density at radius 3 is 2.48 bits per heavy atom. The molecule has 116 valence electrons. The number of piperidine rings is 1. The summed E-state index contributed by atoms with van der Waals surface area (Å²) in [5.74, 6) is -0.126. The second-order valence-corrected chi connectivity index (χ2v) is 7.12. The predicted octanol–water partition coefficient (Wildman–Crippen LogP) is 0.975. The van der Waals surface area contributed by atoms with Crippen molar-refractivity contribution < 1.29 is 17.9 Å². The molecule has 0 spiro atoms. The molecule has 1 aromatic rings. The number of hydrogen-bond acceptors (Lipinski definition) is 4. The van der Waals surface area contributed by atoms with Gasteiger partial charge in [-0.1, -0.05) is 0 Å². The van der Waals surface area contributed by atoms with Crippen molar-refractivity contribution in [2.24, 2.45) is 5.14 Å². The molecule has 1 amide bonds. The van der Waals surface area contributed by atoms with Crippen LogP contribution in [0.3, 0.4) is 0 Å². The zero-order chi connectivity index (χ0) is 15.7. The van der Waals surface area contributed by atoms with E-state index in [4.69, 9.17) is 9.88 Å². The number of primary sulfonamides is 1. The number of hydrogen-bond donors (Lipinski definition) is 1. The number of benzene rings is 1. The first-order chi connectivity index (χ1) is 9.75. The van der Waals surface area contributed by atoms with Crippen LogP contribution in [0.25, 0.3) is 0 Å². The second kappa shape index (κ2) is 5.75. The number of ether oxygens (including phenoxy) is 1. The maximum atomic E-state index is 12.5. The summed E-state index contributed by atoms with van der Waals surface area (Å²) in [5, 5.41) is 5.04. The first kappa shape index (κ1) is 15.9. The summed E-state index contributed by atoms with van der Waals surface area (Å²) < 4.78 is 27.9. The largest absolute Gasteiger partial charge is 0.377 e. The standard InChI is InChI=1S/C14H20N2O4S/c1-14(20-2)8-3-9-16(10-14)13(17)11-4-6-12(7-5-11)21(15,18)19/h4-7H,3,8-10H2,1-2H3,(H2,15,18,19). The van der Waals surface area contributed by atoms with Crippen molar-refractivity contribution in [2.45, 2.75) is 30.3 Å². The summed E-state index contributed by atoms with van der Waals surface area (Å²) in [5.41, 5.74) is 0.122. The van der Waals surface area contributed by atoms with Gasteiger partial charge in [0.1, 0.15) is 0 Å². The summed E-state index contributed by atoms with van der Waals surface area (Å²) in [7, 11) is -2.09. The highest BCUT2D eigenvalue weighted by Crippen LogP contribution is 2.25. The SMILES string of the molecule is COC1(C)CCCN(C(=O)c2ccc(S(N)(=O)=O)cc2)C1. The van der Waals surface area contributed by atoms with E-state index in [9.17, 15) is 13.2 Å². The Hall–Kier alpha value is -1.44. The molecule has 1 heterocycles. The minimum atomic E-state index is -3.74. The lowest BCUT2D eigenvalue weighted by molar-refractivity contribution is -0.0440. The van der Waals surface area contributed by atoms with Gasteiger partial charge < -0.3 is 9.64 Å². The van der Waals surface area contributed by atoms with Gasteiger partial charge in [0.05, 0.1) is 10.5 Å². The van der Waals surface area contributed by atoms with E-state index in [0.717, 1.165) is 12.8 Å². The molecule has 6 nitrogen and oxygen atoms in total.